The molecule has 2 nitrogen and oxygen atoms in total. The van der Waals surface area contributed by atoms with E-state index >= 15 is 0 Å². The maximum Gasteiger partial charge on any atom is 0.0433 e. The molecular formula is C11H21NO. The lowest BCUT2D eigenvalue weighted by Crippen LogP contribution is -2.49. The van der Waals surface area contributed by atoms with E-state index in [0.29, 0.717) is 12.1 Å². The predicted octanol–water partition coefficient (Wildman–Crippen LogP) is 1.68. The van der Waals surface area contributed by atoms with E-state index in [4.69, 9.17) is 5.11 Å². The van der Waals surface area contributed by atoms with Gasteiger partial charge in [0.2, 0.25) is 0 Å². The first kappa shape index (κ1) is 9.47. The second kappa shape index (κ2) is 3.97. The van der Waals surface area contributed by atoms with Gasteiger partial charge in [-0.25, -0.2) is 0 Å². The molecule has 1 heterocycles. The van der Waals surface area contributed by atoms with Crippen molar-refractivity contribution in [3.8, 4) is 0 Å². The van der Waals surface area contributed by atoms with E-state index in [1.807, 2.05) is 0 Å². The van der Waals surface area contributed by atoms with Crippen molar-refractivity contribution in [3.05, 3.63) is 0 Å². The number of nitrogens with one attached hydrogen (secondary N) is 1. The summed E-state index contributed by atoms with van der Waals surface area (Å²) in [5, 5.41) is 12.6. The summed E-state index contributed by atoms with van der Waals surface area (Å²) in [5.74, 6) is 0.782. The Morgan fingerprint density at radius 3 is 2.77 bits per heavy atom. The summed E-state index contributed by atoms with van der Waals surface area (Å²) in [6.45, 7) is 1.55. The van der Waals surface area contributed by atoms with Gasteiger partial charge < -0.3 is 10.4 Å². The van der Waals surface area contributed by atoms with Crippen molar-refractivity contribution >= 4 is 0 Å². The predicted molar refractivity (Wildman–Crippen MR) is 53.6 cm³/mol. The highest BCUT2D eigenvalue weighted by atomic mass is 16.3. The molecule has 1 aliphatic carbocycles. The Morgan fingerprint density at radius 2 is 2.08 bits per heavy atom. The number of aliphatic hydroxyl groups is 1. The highest BCUT2D eigenvalue weighted by Crippen LogP contribution is 2.38. The lowest BCUT2D eigenvalue weighted by molar-refractivity contribution is 0.164. The van der Waals surface area contributed by atoms with Crippen LogP contribution in [0.15, 0.2) is 0 Å². The zero-order valence-corrected chi connectivity index (χ0v) is 8.39. The molecule has 0 aromatic rings. The summed E-state index contributed by atoms with van der Waals surface area (Å²) in [6.07, 6.45) is 9.14. The van der Waals surface area contributed by atoms with Crippen molar-refractivity contribution < 1.29 is 5.11 Å². The highest BCUT2D eigenvalue weighted by molar-refractivity contribution is 4.96. The molecule has 2 N–H and O–H groups in total. The standard InChI is InChI=1S/C11H21NO/c13-8-4-10-3-7-12-11(9-10)5-1-2-6-11/h10,12-13H,1-9H2. The van der Waals surface area contributed by atoms with Gasteiger partial charge in [0.25, 0.3) is 0 Å². The van der Waals surface area contributed by atoms with Crippen LogP contribution in [0.25, 0.3) is 0 Å². The van der Waals surface area contributed by atoms with Crippen molar-refractivity contribution in [2.45, 2.75) is 50.5 Å². The first-order valence-corrected chi connectivity index (χ1v) is 5.71. The third-order valence-electron chi connectivity index (χ3n) is 3.83. The van der Waals surface area contributed by atoms with E-state index in [0.717, 1.165) is 12.3 Å². The van der Waals surface area contributed by atoms with E-state index in [2.05, 4.69) is 5.32 Å². The summed E-state index contributed by atoms with van der Waals surface area (Å²) < 4.78 is 0. The van der Waals surface area contributed by atoms with E-state index < -0.39 is 0 Å². The molecule has 0 aromatic heterocycles. The SMILES string of the molecule is OCCC1CCNC2(CCCC2)C1. The van der Waals surface area contributed by atoms with Crippen molar-refractivity contribution in [2.24, 2.45) is 5.92 Å². The van der Waals surface area contributed by atoms with Crippen LogP contribution in [-0.2, 0) is 0 Å². The van der Waals surface area contributed by atoms with Gasteiger partial charge in [-0.2, -0.15) is 0 Å². The summed E-state index contributed by atoms with van der Waals surface area (Å²) in [7, 11) is 0. The van der Waals surface area contributed by atoms with E-state index in [1.54, 1.807) is 0 Å². The minimum absolute atomic E-state index is 0.376. The average molecular weight is 183 g/mol. The van der Waals surface area contributed by atoms with Gasteiger partial charge in [0.15, 0.2) is 0 Å². The molecule has 1 aliphatic heterocycles. The molecule has 0 amide bonds. The van der Waals surface area contributed by atoms with Crippen LogP contribution in [-0.4, -0.2) is 23.8 Å². The highest BCUT2D eigenvalue weighted by Gasteiger charge is 2.37. The van der Waals surface area contributed by atoms with Crippen LogP contribution in [0.3, 0.4) is 0 Å². The summed E-state index contributed by atoms with van der Waals surface area (Å²) in [5.41, 5.74) is 0.484. The minimum atomic E-state index is 0.376. The first-order valence-electron chi connectivity index (χ1n) is 5.71. The number of aliphatic hydroxyl groups excluding tert-OH is 1. The molecule has 13 heavy (non-hydrogen) atoms. The Labute approximate surface area is 80.7 Å². The number of hydrogen-bond acceptors (Lipinski definition) is 2. The van der Waals surface area contributed by atoms with Crippen molar-refractivity contribution in [1.82, 2.24) is 5.32 Å². The van der Waals surface area contributed by atoms with Gasteiger partial charge >= 0.3 is 0 Å². The fourth-order valence-corrected chi connectivity index (χ4v) is 3.13. The lowest BCUT2D eigenvalue weighted by atomic mass is 9.79. The zero-order valence-electron chi connectivity index (χ0n) is 8.39. The number of rotatable bonds is 2. The van der Waals surface area contributed by atoms with Gasteiger partial charge in [-0.1, -0.05) is 12.8 Å². The largest absolute Gasteiger partial charge is 0.396 e. The van der Waals surface area contributed by atoms with E-state index in [-0.39, 0.29) is 0 Å². The van der Waals surface area contributed by atoms with Crippen LogP contribution in [0.2, 0.25) is 0 Å². The van der Waals surface area contributed by atoms with Gasteiger partial charge in [-0.15, -0.1) is 0 Å². The van der Waals surface area contributed by atoms with Gasteiger partial charge in [-0.05, 0) is 44.6 Å². The molecule has 2 aliphatic rings. The minimum Gasteiger partial charge on any atom is -0.396 e. The molecular weight excluding hydrogens is 162 g/mol. The maximum absolute atomic E-state index is 8.93. The Bertz CT molecular complexity index is 161. The molecule has 2 rings (SSSR count). The molecule has 1 unspecified atom stereocenters. The second-order valence-corrected chi connectivity index (χ2v) is 4.79. The molecule has 76 valence electrons. The van der Waals surface area contributed by atoms with Gasteiger partial charge in [0.05, 0.1) is 0 Å². The first-order chi connectivity index (χ1) is 6.35. The zero-order chi connectivity index (χ0) is 9.15. The molecule has 1 saturated carbocycles. The maximum atomic E-state index is 8.93. The Balaban J connectivity index is 1.90. The summed E-state index contributed by atoms with van der Waals surface area (Å²) >= 11 is 0. The van der Waals surface area contributed by atoms with Crippen molar-refractivity contribution in [3.63, 3.8) is 0 Å². The molecule has 1 spiro atoms. The van der Waals surface area contributed by atoms with E-state index in [1.165, 1.54) is 45.1 Å². The Morgan fingerprint density at radius 1 is 1.31 bits per heavy atom. The van der Waals surface area contributed by atoms with Gasteiger partial charge in [0.1, 0.15) is 0 Å². The normalized spacial score (nSPS) is 32.5. The van der Waals surface area contributed by atoms with Gasteiger partial charge in [0, 0.05) is 12.1 Å². The van der Waals surface area contributed by atoms with Crippen LogP contribution in [0.4, 0.5) is 0 Å². The van der Waals surface area contributed by atoms with Crippen LogP contribution in [0, 0.1) is 5.92 Å². The Kier molecular flexibility index (Phi) is 2.89. The third kappa shape index (κ3) is 2.05. The van der Waals surface area contributed by atoms with E-state index in [9.17, 15) is 0 Å². The molecule has 0 bridgehead atoms. The summed E-state index contributed by atoms with van der Waals surface area (Å²) in [6, 6.07) is 0. The third-order valence-corrected chi connectivity index (χ3v) is 3.83. The number of hydrogen-bond donors (Lipinski definition) is 2. The van der Waals surface area contributed by atoms with Crippen LogP contribution in [0.5, 0.6) is 0 Å². The quantitative estimate of drug-likeness (QED) is 0.682. The Hall–Kier alpha value is -0.0800. The molecule has 2 fully saturated rings. The average Bonchev–Trinajstić information content (AvgIpc) is 2.54. The smallest absolute Gasteiger partial charge is 0.0433 e. The topological polar surface area (TPSA) is 32.3 Å². The lowest BCUT2D eigenvalue weighted by Gasteiger charge is -2.39. The van der Waals surface area contributed by atoms with Gasteiger partial charge in [-0.3, -0.25) is 0 Å². The molecule has 0 aromatic carbocycles. The van der Waals surface area contributed by atoms with Crippen LogP contribution in [0.1, 0.15) is 44.9 Å². The fourth-order valence-electron chi connectivity index (χ4n) is 3.13. The second-order valence-electron chi connectivity index (χ2n) is 4.79. The van der Waals surface area contributed by atoms with Crippen molar-refractivity contribution in [2.75, 3.05) is 13.2 Å². The van der Waals surface area contributed by atoms with Crippen LogP contribution >= 0.6 is 0 Å². The van der Waals surface area contributed by atoms with Crippen molar-refractivity contribution in [1.29, 1.82) is 0 Å². The molecule has 0 radical (unpaired) electrons. The van der Waals surface area contributed by atoms with Crippen LogP contribution < -0.4 is 5.32 Å². The summed E-state index contributed by atoms with van der Waals surface area (Å²) in [4.78, 5) is 0. The monoisotopic (exact) mass is 183 g/mol. The fraction of sp³-hybridized carbons (Fsp3) is 1.00. The molecule has 1 saturated heterocycles. The molecule has 2 heteroatoms. The number of piperidine rings is 1. The molecule has 1 atom stereocenters.